The number of aliphatic hydroxyl groups is 2. The molecular formula is C42H53N9O5S. The van der Waals surface area contributed by atoms with Gasteiger partial charge in [-0.1, -0.05) is 23.5 Å². The Bertz CT molecular complexity index is 2180. The van der Waals surface area contributed by atoms with Crippen molar-refractivity contribution >= 4 is 38.5 Å². The first kappa shape index (κ1) is 38.0. The molecule has 5 heterocycles. The van der Waals surface area contributed by atoms with Crippen LogP contribution in [0.1, 0.15) is 80.9 Å². The van der Waals surface area contributed by atoms with Crippen molar-refractivity contribution < 1.29 is 24.9 Å². The van der Waals surface area contributed by atoms with Crippen LogP contribution in [0, 0.1) is 24.2 Å². The molecule has 3 unspecified atom stereocenters. The fourth-order valence-corrected chi connectivity index (χ4v) is 11.6. The van der Waals surface area contributed by atoms with Crippen molar-refractivity contribution in [3.63, 3.8) is 0 Å². The molecule has 10 rings (SSSR count). The summed E-state index contributed by atoms with van der Waals surface area (Å²) in [7, 11) is 0. The molecule has 57 heavy (non-hydrogen) atoms. The number of carboxylic acids is 1. The third-order valence-electron chi connectivity index (χ3n) is 12.9. The lowest BCUT2D eigenvalue weighted by Gasteiger charge is -2.61. The van der Waals surface area contributed by atoms with Crippen LogP contribution in [0.15, 0.2) is 65.4 Å². The van der Waals surface area contributed by atoms with Gasteiger partial charge in [-0.05, 0) is 125 Å². The average Bonchev–Trinajstić information content (AvgIpc) is 3.77. The van der Waals surface area contributed by atoms with Gasteiger partial charge in [-0.25, -0.2) is 14.8 Å². The first-order valence-electron chi connectivity index (χ1n) is 20.4. The highest BCUT2D eigenvalue weighted by Crippen LogP contribution is 2.63. The van der Waals surface area contributed by atoms with Gasteiger partial charge in [0.15, 0.2) is 10.8 Å². The first-order chi connectivity index (χ1) is 27.6. The molecule has 0 amide bonds. The largest absolute Gasteiger partial charge is 0.476 e. The van der Waals surface area contributed by atoms with Crippen molar-refractivity contribution in [2.75, 3.05) is 43.1 Å². The van der Waals surface area contributed by atoms with E-state index in [1.807, 2.05) is 43.5 Å². The van der Waals surface area contributed by atoms with Gasteiger partial charge in [-0.15, -0.1) is 0 Å². The molecule has 4 saturated carbocycles. The number of thiazole rings is 1. The number of nitrogens with one attached hydrogen (secondary N) is 4. The van der Waals surface area contributed by atoms with Gasteiger partial charge >= 0.3 is 5.97 Å². The van der Waals surface area contributed by atoms with Crippen molar-refractivity contribution in [1.29, 1.82) is 0 Å². The summed E-state index contributed by atoms with van der Waals surface area (Å²) in [5.74, 6) is 2.51. The number of nitrogens with zero attached hydrogens (tertiary/aromatic N) is 5. The van der Waals surface area contributed by atoms with E-state index in [0.717, 1.165) is 88.0 Å². The Hall–Kier alpha value is -4.54. The number of carbonyl (C=O) groups is 1. The average molecular weight is 796 g/mol. The van der Waals surface area contributed by atoms with Crippen LogP contribution in [0.5, 0.6) is 0 Å². The summed E-state index contributed by atoms with van der Waals surface area (Å²) in [6.07, 6.45) is 10.3. The molecule has 15 heteroatoms. The van der Waals surface area contributed by atoms with Crippen molar-refractivity contribution in [3.8, 4) is 11.1 Å². The maximum atomic E-state index is 12.9. The Labute approximate surface area is 336 Å². The number of aliphatic hydroxyl groups excluding tert-OH is 2. The zero-order valence-corrected chi connectivity index (χ0v) is 33.5. The van der Waals surface area contributed by atoms with E-state index in [2.05, 4.69) is 44.1 Å². The SMILES string of the molecule is CC1=C(Nc2nc3ccccc3s2)NNC2=C1CCCN2c1ccc(-c2cnn(CC34CC5CC(C3)CC(OCCNCCC(O)CO)(C5)C4)c2C)c(C(=O)O)n1. The fourth-order valence-electron chi connectivity index (χ4n) is 10.8. The van der Waals surface area contributed by atoms with E-state index in [-0.39, 0.29) is 23.3 Å². The third-order valence-corrected chi connectivity index (χ3v) is 13.9. The van der Waals surface area contributed by atoms with Crippen LogP contribution in [0.2, 0.25) is 0 Å². The van der Waals surface area contributed by atoms with E-state index < -0.39 is 12.1 Å². The Morgan fingerprint density at radius 2 is 1.89 bits per heavy atom. The van der Waals surface area contributed by atoms with Crippen LogP contribution in [0.4, 0.5) is 10.9 Å². The number of anilines is 2. The maximum absolute atomic E-state index is 12.9. The molecular weight excluding hydrogens is 743 g/mol. The Morgan fingerprint density at radius 3 is 2.68 bits per heavy atom. The fraction of sp³-hybridized carbons (Fsp3) is 0.524. The van der Waals surface area contributed by atoms with Gasteiger partial charge in [0.1, 0.15) is 17.5 Å². The number of hydrogen-bond donors (Lipinski definition) is 7. The Balaban J connectivity index is 0.916. The molecule has 4 aliphatic carbocycles. The second-order valence-corrected chi connectivity index (χ2v) is 18.0. The lowest BCUT2D eigenvalue weighted by atomic mass is 9.48. The van der Waals surface area contributed by atoms with E-state index in [4.69, 9.17) is 24.9 Å². The van der Waals surface area contributed by atoms with Crippen LogP contribution in [-0.4, -0.2) is 85.6 Å². The minimum absolute atomic E-state index is 0.0127. The highest BCUT2D eigenvalue weighted by Gasteiger charge is 2.58. The smallest absolute Gasteiger partial charge is 0.355 e. The van der Waals surface area contributed by atoms with Gasteiger partial charge in [0, 0.05) is 42.0 Å². The molecule has 7 N–H and O–H groups in total. The number of rotatable bonds is 15. The van der Waals surface area contributed by atoms with Crippen molar-refractivity contribution in [2.24, 2.45) is 17.3 Å². The first-order valence-corrected chi connectivity index (χ1v) is 21.2. The molecule has 2 aliphatic heterocycles. The quantitative estimate of drug-likeness (QED) is 0.0749. The number of hydrazine groups is 1. The van der Waals surface area contributed by atoms with Gasteiger partial charge in [-0.3, -0.25) is 15.5 Å². The van der Waals surface area contributed by atoms with Crippen LogP contribution < -0.4 is 26.4 Å². The number of allylic oxidation sites excluding steroid dienone is 2. The van der Waals surface area contributed by atoms with E-state index in [1.54, 1.807) is 11.3 Å². The minimum atomic E-state index is -1.07. The van der Waals surface area contributed by atoms with Crippen molar-refractivity contribution in [2.45, 2.75) is 89.9 Å². The summed E-state index contributed by atoms with van der Waals surface area (Å²) in [6.45, 7) is 7.39. The highest BCUT2D eigenvalue weighted by molar-refractivity contribution is 7.22. The predicted molar refractivity (Wildman–Crippen MR) is 219 cm³/mol. The summed E-state index contributed by atoms with van der Waals surface area (Å²) in [5.41, 5.74) is 12.2. The number of fused-ring (bicyclic) bond motifs is 1. The standard InChI is InChI=1S/C42H53N9O5S/c1-25-30-6-5-14-50(38(30)49-48-37(25)47-40-45-33-7-3-4-8-34(33)57-40)35-10-9-31(36(46-35)39(54)55)32-21-44-51(26(32)2)24-41-17-27-16-28(18-41)20-42(19-27,23-41)56-15-13-43-12-11-29(53)22-52/h3-4,7-10,21,27-29,43,48-49,52-53H,5-6,11-20,22-24H2,1-2H3,(H,45,47)(H,54,55). The number of aromatic carboxylic acids is 1. The zero-order chi connectivity index (χ0) is 39.3. The van der Waals surface area contributed by atoms with Gasteiger partial charge in [0.25, 0.3) is 0 Å². The van der Waals surface area contributed by atoms with Gasteiger partial charge < -0.3 is 35.6 Å². The van der Waals surface area contributed by atoms with Crippen LogP contribution in [0.25, 0.3) is 21.3 Å². The zero-order valence-electron chi connectivity index (χ0n) is 32.7. The van der Waals surface area contributed by atoms with Gasteiger partial charge in [-0.2, -0.15) is 5.10 Å². The summed E-state index contributed by atoms with van der Waals surface area (Å²) >= 11 is 1.61. The molecule has 0 saturated heterocycles. The van der Waals surface area contributed by atoms with E-state index in [0.29, 0.717) is 55.9 Å². The number of benzene rings is 1. The van der Waals surface area contributed by atoms with E-state index >= 15 is 0 Å². The summed E-state index contributed by atoms with van der Waals surface area (Å²) in [6, 6.07) is 11.9. The second-order valence-electron chi connectivity index (χ2n) is 17.0. The Morgan fingerprint density at radius 1 is 1.07 bits per heavy atom. The summed E-state index contributed by atoms with van der Waals surface area (Å²) < 4.78 is 9.94. The monoisotopic (exact) mass is 795 g/mol. The minimum Gasteiger partial charge on any atom is -0.476 e. The summed E-state index contributed by atoms with van der Waals surface area (Å²) in [4.78, 5) is 24.5. The van der Waals surface area contributed by atoms with Crippen LogP contribution in [0.3, 0.4) is 0 Å². The molecule has 3 aromatic heterocycles. The number of hydrogen-bond acceptors (Lipinski definition) is 13. The van der Waals surface area contributed by atoms with E-state index in [9.17, 15) is 15.0 Å². The molecule has 1 aromatic carbocycles. The second kappa shape index (κ2) is 15.3. The number of aromatic nitrogens is 4. The molecule has 302 valence electrons. The number of pyridine rings is 1. The predicted octanol–water partition coefficient (Wildman–Crippen LogP) is 5.51. The van der Waals surface area contributed by atoms with Gasteiger partial charge in [0.05, 0.1) is 41.3 Å². The van der Waals surface area contributed by atoms with Gasteiger partial charge in [0.2, 0.25) is 0 Å². The van der Waals surface area contributed by atoms with Crippen molar-refractivity contribution in [1.82, 2.24) is 35.9 Å². The molecule has 0 radical (unpaired) electrons. The van der Waals surface area contributed by atoms with Crippen LogP contribution in [-0.2, 0) is 11.3 Å². The normalized spacial score (nSPS) is 25.8. The number of carboxylic acid groups (broad SMARTS) is 1. The molecule has 4 fully saturated rings. The number of ether oxygens (including phenoxy) is 1. The molecule has 6 aliphatic rings. The summed E-state index contributed by atoms with van der Waals surface area (Å²) in [5, 5.41) is 41.7. The number of para-hydroxylation sites is 1. The molecule has 3 atom stereocenters. The molecule has 4 bridgehead atoms. The van der Waals surface area contributed by atoms with E-state index in [1.165, 1.54) is 19.3 Å². The van der Waals surface area contributed by atoms with Crippen molar-refractivity contribution in [3.05, 3.63) is 76.8 Å². The molecule has 0 spiro atoms. The van der Waals surface area contributed by atoms with Crippen LogP contribution >= 0.6 is 11.3 Å². The highest BCUT2D eigenvalue weighted by atomic mass is 32.1. The maximum Gasteiger partial charge on any atom is 0.355 e. The topological polar surface area (TPSA) is 182 Å². The molecule has 4 aromatic rings. The lowest BCUT2D eigenvalue weighted by molar-refractivity contribution is -0.196. The third kappa shape index (κ3) is 7.40. The molecule has 14 nitrogen and oxygen atoms in total. The lowest BCUT2D eigenvalue weighted by Crippen LogP contribution is -2.58. The Kier molecular flexibility index (Phi) is 10.2.